The number of anilines is 2. The highest BCUT2D eigenvalue weighted by atomic mass is 32.2. The van der Waals surface area contributed by atoms with Crippen molar-refractivity contribution in [3.05, 3.63) is 48.2 Å². The number of piperidine rings is 1. The number of nitrogens with zero attached hydrogens (tertiary/aromatic N) is 4. The zero-order valence-electron chi connectivity index (χ0n) is 20.8. The zero-order chi connectivity index (χ0) is 28.0. The first-order valence-corrected chi connectivity index (χ1v) is 13.1. The smallest absolute Gasteiger partial charge is 0.366 e. The maximum absolute atomic E-state index is 13.3. The number of amides is 4. The van der Waals surface area contributed by atoms with Crippen molar-refractivity contribution in [3.63, 3.8) is 0 Å². The molecule has 0 bridgehead atoms. The normalized spacial score (nSPS) is 20.3. The number of urea groups is 1. The molecule has 0 aliphatic carbocycles. The molecule has 38 heavy (non-hydrogen) atoms. The maximum Gasteiger partial charge on any atom is 0.501 e. The molecular weight excluding hydrogens is 527 g/mol. The van der Waals surface area contributed by atoms with Crippen LogP contribution in [0.5, 0.6) is 0 Å². The van der Waals surface area contributed by atoms with Crippen LogP contribution in [0.25, 0.3) is 0 Å². The molecular formula is C24H26F3N5O5S. The summed E-state index contributed by atoms with van der Waals surface area (Å²) in [5, 5.41) is 3.29. The summed E-state index contributed by atoms with van der Waals surface area (Å²) >= 11 is 0. The highest BCUT2D eigenvalue weighted by Crippen LogP contribution is 2.35. The van der Waals surface area contributed by atoms with Crippen LogP contribution in [-0.2, 0) is 26.0 Å². The summed E-state index contributed by atoms with van der Waals surface area (Å²) in [6, 6.07) is 6.15. The Labute approximate surface area is 217 Å². The number of imide groups is 1. The van der Waals surface area contributed by atoms with Crippen LogP contribution in [0.2, 0.25) is 0 Å². The van der Waals surface area contributed by atoms with Crippen molar-refractivity contribution in [2.75, 3.05) is 23.8 Å². The Morgan fingerprint density at radius 3 is 2.37 bits per heavy atom. The molecule has 1 unspecified atom stereocenters. The largest absolute Gasteiger partial charge is 0.501 e. The average Bonchev–Trinajstić information content (AvgIpc) is 3.00. The molecule has 2 saturated heterocycles. The molecule has 2 fully saturated rings. The molecule has 1 atom stereocenters. The number of hydrogen-bond donors (Lipinski definition) is 1. The number of pyridine rings is 1. The summed E-state index contributed by atoms with van der Waals surface area (Å²) in [7, 11) is -3.84. The summed E-state index contributed by atoms with van der Waals surface area (Å²) in [5.74, 6) is 0.00552. The first-order valence-electron chi connectivity index (χ1n) is 11.7. The molecule has 1 aromatic carbocycles. The van der Waals surface area contributed by atoms with Crippen LogP contribution in [0.4, 0.5) is 29.5 Å². The van der Waals surface area contributed by atoms with Crippen molar-refractivity contribution < 1.29 is 36.0 Å². The van der Waals surface area contributed by atoms with E-state index in [9.17, 15) is 36.0 Å². The van der Waals surface area contributed by atoms with Crippen LogP contribution in [0.3, 0.4) is 0 Å². The van der Waals surface area contributed by atoms with Crippen molar-refractivity contribution in [2.24, 2.45) is 0 Å². The number of halogens is 3. The third-order valence-corrected chi connectivity index (χ3v) is 8.18. The number of carbonyl (C=O) groups excluding carboxylic acids is 3. The first-order chi connectivity index (χ1) is 17.6. The number of benzene rings is 1. The van der Waals surface area contributed by atoms with E-state index < -0.39 is 37.7 Å². The van der Waals surface area contributed by atoms with E-state index in [4.69, 9.17) is 0 Å². The second-order valence-corrected chi connectivity index (χ2v) is 11.7. The van der Waals surface area contributed by atoms with E-state index >= 15 is 0 Å². The van der Waals surface area contributed by atoms with Gasteiger partial charge >= 0.3 is 11.5 Å². The Morgan fingerprint density at radius 1 is 1.11 bits per heavy atom. The second kappa shape index (κ2) is 9.57. The highest BCUT2D eigenvalue weighted by Gasteiger charge is 2.52. The third kappa shape index (κ3) is 4.91. The van der Waals surface area contributed by atoms with Crippen molar-refractivity contribution in [1.82, 2.24) is 14.8 Å². The van der Waals surface area contributed by atoms with Gasteiger partial charge in [-0.3, -0.25) is 9.59 Å². The van der Waals surface area contributed by atoms with E-state index in [1.165, 1.54) is 4.90 Å². The number of hydrogen-bond acceptors (Lipinski definition) is 7. The topological polar surface area (TPSA) is 120 Å². The minimum absolute atomic E-state index is 0.00603. The van der Waals surface area contributed by atoms with Crippen LogP contribution in [0.1, 0.15) is 32.3 Å². The molecule has 4 rings (SSSR count). The van der Waals surface area contributed by atoms with Gasteiger partial charge in [0.2, 0.25) is 5.91 Å². The van der Waals surface area contributed by atoms with Gasteiger partial charge in [0.05, 0.1) is 10.6 Å². The number of carbonyl (C=O) groups is 3. The molecule has 0 saturated carbocycles. The van der Waals surface area contributed by atoms with Crippen molar-refractivity contribution in [2.45, 2.75) is 55.2 Å². The molecule has 14 heteroatoms. The van der Waals surface area contributed by atoms with Crippen molar-refractivity contribution in [3.8, 4) is 0 Å². The Balaban J connectivity index is 1.53. The molecule has 3 heterocycles. The van der Waals surface area contributed by atoms with Crippen molar-refractivity contribution in [1.29, 1.82) is 0 Å². The van der Waals surface area contributed by atoms with Crippen LogP contribution in [0.15, 0.2) is 47.5 Å². The molecule has 2 aliphatic heterocycles. The van der Waals surface area contributed by atoms with E-state index in [0.717, 1.165) is 17.0 Å². The molecule has 1 aromatic heterocycles. The summed E-state index contributed by atoms with van der Waals surface area (Å²) in [4.78, 5) is 45.3. The standard InChI is InChI=1S/C24H26F3N5O5S/c1-23(2)21(34)32(17-5-7-18(8-6-17)38(36,37)24(25,26)27)22(35)31(23)13-15-10-11-28-19(12-15)29-16-4-9-20(33)30(3)14-16/h5-8,10-12,16H,4,9,13-14H2,1-3H3,(H,28,29). The van der Waals surface area contributed by atoms with Gasteiger partial charge in [-0.2, -0.15) is 13.2 Å². The number of sulfone groups is 1. The number of rotatable bonds is 6. The molecule has 204 valence electrons. The molecule has 10 nitrogen and oxygen atoms in total. The fourth-order valence-corrected chi connectivity index (χ4v) is 5.17. The lowest BCUT2D eigenvalue weighted by Gasteiger charge is -2.31. The van der Waals surface area contributed by atoms with Crippen LogP contribution in [0, 0.1) is 0 Å². The van der Waals surface area contributed by atoms with Gasteiger partial charge in [-0.05, 0) is 62.2 Å². The average molecular weight is 554 g/mol. The minimum Gasteiger partial charge on any atom is -0.366 e. The lowest BCUT2D eigenvalue weighted by atomic mass is 10.0. The third-order valence-electron chi connectivity index (χ3n) is 6.68. The number of nitrogens with one attached hydrogen (secondary N) is 1. The monoisotopic (exact) mass is 553 g/mol. The first kappa shape index (κ1) is 27.4. The fourth-order valence-electron chi connectivity index (χ4n) is 4.41. The van der Waals surface area contributed by atoms with E-state index in [0.29, 0.717) is 42.9 Å². The quantitative estimate of drug-likeness (QED) is 0.546. The number of aromatic nitrogens is 1. The fraction of sp³-hybridized carbons (Fsp3) is 0.417. The Hall–Kier alpha value is -3.68. The van der Waals surface area contributed by atoms with Crippen molar-refractivity contribution >= 4 is 39.2 Å². The Bertz CT molecular complexity index is 1380. The minimum atomic E-state index is -5.57. The van der Waals surface area contributed by atoms with Gasteiger partial charge in [0.25, 0.3) is 15.7 Å². The van der Waals surface area contributed by atoms with Gasteiger partial charge in [-0.15, -0.1) is 0 Å². The van der Waals surface area contributed by atoms with Gasteiger partial charge in [-0.1, -0.05) is 0 Å². The lowest BCUT2D eigenvalue weighted by Crippen LogP contribution is -2.44. The molecule has 2 aliphatic rings. The Morgan fingerprint density at radius 2 is 1.76 bits per heavy atom. The SMILES string of the molecule is CN1CC(Nc2cc(CN3C(=O)N(c4ccc(S(=O)(=O)C(F)(F)F)cc4)C(=O)C3(C)C)ccn2)CCC1=O. The van der Waals surface area contributed by atoms with Gasteiger partial charge in [0, 0.05) is 38.8 Å². The molecule has 2 aromatic rings. The van der Waals surface area contributed by atoms with Gasteiger partial charge < -0.3 is 15.1 Å². The molecule has 4 amide bonds. The zero-order valence-corrected chi connectivity index (χ0v) is 21.6. The maximum atomic E-state index is 13.3. The highest BCUT2D eigenvalue weighted by molar-refractivity contribution is 7.92. The lowest BCUT2D eigenvalue weighted by molar-refractivity contribution is -0.132. The van der Waals surface area contributed by atoms with E-state index in [1.807, 2.05) is 0 Å². The predicted octanol–water partition coefficient (Wildman–Crippen LogP) is 3.16. The number of likely N-dealkylation sites (N-methyl/N-ethyl adjacent to an activating group) is 1. The summed E-state index contributed by atoms with van der Waals surface area (Å²) in [6.07, 6.45) is 2.63. The van der Waals surface area contributed by atoms with Gasteiger partial charge in [-0.25, -0.2) is 23.1 Å². The molecule has 1 N–H and O–H groups in total. The summed E-state index contributed by atoms with van der Waals surface area (Å²) in [5.41, 5.74) is -6.15. The van der Waals surface area contributed by atoms with Crippen LogP contribution in [-0.4, -0.2) is 71.7 Å². The van der Waals surface area contributed by atoms with E-state index in [-0.39, 0.29) is 24.2 Å². The van der Waals surface area contributed by atoms with E-state index in [1.54, 1.807) is 44.1 Å². The van der Waals surface area contributed by atoms with E-state index in [2.05, 4.69) is 10.3 Å². The number of alkyl halides is 3. The van der Waals surface area contributed by atoms with Crippen LogP contribution < -0.4 is 10.2 Å². The summed E-state index contributed by atoms with van der Waals surface area (Å²) < 4.78 is 61.9. The predicted molar refractivity (Wildman–Crippen MR) is 131 cm³/mol. The molecule has 0 radical (unpaired) electrons. The number of likely N-dealkylation sites (tertiary alicyclic amines) is 1. The van der Waals surface area contributed by atoms with Crippen LogP contribution >= 0.6 is 0 Å². The van der Waals surface area contributed by atoms with Gasteiger partial charge in [0.1, 0.15) is 11.4 Å². The van der Waals surface area contributed by atoms with Gasteiger partial charge in [0.15, 0.2) is 0 Å². The summed E-state index contributed by atoms with van der Waals surface area (Å²) in [6.45, 7) is 3.65. The second-order valence-electron chi connectivity index (χ2n) is 9.71. The Kier molecular flexibility index (Phi) is 6.89. The molecule has 0 spiro atoms.